The second-order valence-electron chi connectivity index (χ2n) is 8.58. The molecule has 1 unspecified atom stereocenters. The number of aliphatic hydroxyl groups is 1. The number of hydrogen-bond donors (Lipinski definition) is 1. The van der Waals surface area contributed by atoms with Gasteiger partial charge >= 0.3 is 11.9 Å². The Hall–Kier alpha value is -2.26. The van der Waals surface area contributed by atoms with E-state index in [4.69, 9.17) is 53.8 Å². The van der Waals surface area contributed by atoms with E-state index in [-0.39, 0.29) is 22.4 Å². The number of esters is 2. The number of rotatable bonds is 12. The number of halogens is 4. The zero-order chi connectivity index (χ0) is 27.1. The van der Waals surface area contributed by atoms with Gasteiger partial charge in [0.2, 0.25) is 0 Å². The first kappa shape index (κ1) is 30.0. The van der Waals surface area contributed by atoms with Gasteiger partial charge in [-0.2, -0.15) is 0 Å². The lowest BCUT2D eigenvalue weighted by atomic mass is 9.78. The van der Waals surface area contributed by atoms with Crippen LogP contribution >= 0.6 is 34.8 Å². The average molecular weight is 566 g/mol. The summed E-state index contributed by atoms with van der Waals surface area (Å²) in [5.41, 5.74) is 1.14. The molecule has 7 nitrogen and oxygen atoms in total. The normalized spacial score (nSPS) is 13.9. The molecule has 0 radical (unpaired) electrons. The van der Waals surface area contributed by atoms with Gasteiger partial charge in [0.05, 0.1) is 15.9 Å². The molecule has 0 spiro atoms. The van der Waals surface area contributed by atoms with Gasteiger partial charge in [0.25, 0.3) is 5.79 Å². The van der Waals surface area contributed by atoms with Crippen molar-refractivity contribution in [2.24, 2.45) is 0 Å². The van der Waals surface area contributed by atoms with Gasteiger partial charge in [-0.3, -0.25) is 9.59 Å². The minimum Gasteiger partial charge on any atom is -0.490 e. The second-order valence-corrected chi connectivity index (χ2v) is 9.66. The highest BCUT2D eigenvalue weighted by molar-refractivity contribution is 6.37. The minimum atomic E-state index is -2.04. The zero-order valence-electron chi connectivity index (χ0n) is 20.3. The maximum absolute atomic E-state index is 13.0. The smallest absolute Gasteiger partial charge is 0.305 e. The lowest BCUT2D eigenvalue weighted by molar-refractivity contribution is -0.207. The second kappa shape index (κ2) is 12.8. The van der Waals surface area contributed by atoms with Gasteiger partial charge in [0.1, 0.15) is 19.0 Å². The largest absolute Gasteiger partial charge is 0.490 e. The Kier molecular flexibility index (Phi) is 10.7. The first-order valence-corrected chi connectivity index (χ1v) is 12.2. The molecule has 2 atom stereocenters. The van der Waals surface area contributed by atoms with Crippen molar-refractivity contribution in [1.82, 2.24) is 0 Å². The van der Waals surface area contributed by atoms with Crippen molar-refractivity contribution in [2.75, 3.05) is 25.8 Å². The highest BCUT2D eigenvalue weighted by atomic mass is 35.5. The van der Waals surface area contributed by atoms with Crippen LogP contribution in [0.25, 0.3) is 0 Å². The summed E-state index contributed by atoms with van der Waals surface area (Å²) >= 11 is 18.6. The van der Waals surface area contributed by atoms with Crippen LogP contribution in [0.3, 0.4) is 0 Å². The van der Waals surface area contributed by atoms with Crippen LogP contribution in [0.2, 0.25) is 10.0 Å². The van der Waals surface area contributed by atoms with Crippen LogP contribution in [-0.4, -0.2) is 54.7 Å². The van der Waals surface area contributed by atoms with Crippen molar-refractivity contribution < 1.29 is 38.0 Å². The molecule has 1 N–H and O–H groups in total. The first-order valence-electron chi connectivity index (χ1n) is 10.9. The maximum atomic E-state index is 13.0. The third-order valence-corrected chi connectivity index (χ3v) is 6.20. The minimum absolute atomic E-state index is 0.104. The Balaban J connectivity index is 2.17. The predicted molar refractivity (Wildman–Crippen MR) is 135 cm³/mol. The number of carbonyl (C=O) groups excluding carboxylic acids is 2. The quantitative estimate of drug-likeness (QED) is 0.207. The van der Waals surface area contributed by atoms with Gasteiger partial charge in [-0.25, -0.2) is 4.39 Å². The highest BCUT2D eigenvalue weighted by Crippen LogP contribution is 2.41. The van der Waals surface area contributed by atoms with Crippen LogP contribution in [0.1, 0.15) is 38.8 Å². The molecular weight excluding hydrogens is 538 g/mol. The van der Waals surface area contributed by atoms with Crippen molar-refractivity contribution in [2.45, 2.75) is 45.0 Å². The summed E-state index contributed by atoms with van der Waals surface area (Å²) in [4.78, 5) is 22.2. The molecule has 0 heterocycles. The molecule has 198 valence electrons. The van der Waals surface area contributed by atoms with Crippen molar-refractivity contribution in [3.63, 3.8) is 0 Å². The molecule has 11 heteroatoms. The zero-order valence-corrected chi connectivity index (χ0v) is 22.5. The van der Waals surface area contributed by atoms with Crippen molar-refractivity contribution in [1.29, 1.82) is 0 Å². The molecule has 0 aliphatic heterocycles. The Labute approximate surface area is 224 Å². The van der Waals surface area contributed by atoms with Gasteiger partial charge in [-0.1, -0.05) is 49.2 Å². The molecule has 36 heavy (non-hydrogen) atoms. The Bertz CT molecular complexity index is 1040. The molecule has 2 aromatic carbocycles. The summed E-state index contributed by atoms with van der Waals surface area (Å²) in [5.74, 6) is -3.16. The van der Waals surface area contributed by atoms with E-state index in [2.05, 4.69) is 0 Å². The SMILES string of the molecule is CC(=O)O[C@H](CF)COc1ccc(C(C)(C)c2cc(Cl)c(OCC(O)(CCl)OC(C)=O)c(Cl)c2)cc1. The topological polar surface area (TPSA) is 91.3 Å². The molecule has 0 saturated carbocycles. The van der Waals surface area contributed by atoms with Crippen LogP contribution in [0.15, 0.2) is 36.4 Å². The van der Waals surface area contributed by atoms with E-state index in [1.165, 1.54) is 6.92 Å². The van der Waals surface area contributed by atoms with E-state index in [9.17, 15) is 19.1 Å². The van der Waals surface area contributed by atoms with Crippen LogP contribution in [0, 0.1) is 0 Å². The summed E-state index contributed by atoms with van der Waals surface area (Å²) in [6, 6.07) is 10.5. The number of ether oxygens (including phenoxy) is 4. The van der Waals surface area contributed by atoms with Crippen LogP contribution in [0.5, 0.6) is 11.5 Å². The standard InChI is InChI=1S/C25H28Cl3FO7/c1-15(30)35-20(11-29)12-33-19-7-5-17(6-8-19)24(3,4)18-9-21(27)23(22(28)10-18)34-14-25(32,13-26)36-16(2)31/h5-10,20,32H,11-14H2,1-4H3/t20-,25?/m1/s1. The summed E-state index contributed by atoms with van der Waals surface area (Å²) in [5, 5.41) is 10.6. The number of alkyl halides is 2. The lowest BCUT2D eigenvalue weighted by Gasteiger charge is -2.28. The van der Waals surface area contributed by atoms with E-state index < -0.39 is 48.4 Å². The van der Waals surface area contributed by atoms with Crippen molar-refractivity contribution >= 4 is 46.7 Å². The van der Waals surface area contributed by atoms with E-state index in [0.717, 1.165) is 18.1 Å². The Morgan fingerprint density at radius 3 is 2.06 bits per heavy atom. The van der Waals surface area contributed by atoms with E-state index in [0.29, 0.717) is 5.75 Å². The summed E-state index contributed by atoms with van der Waals surface area (Å²) in [6.07, 6.45) is -0.974. The van der Waals surface area contributed by atoms with E-state index in [1.54, 1.807) is 24.3 Å². The Morgan fingerprint density at radius 1 is 1.00 bits per heavy atom. The molecule has 0 bridgehead atoms. The monoisotopic (exact) mass is 564 g/mol. The van der Waals surface area contributed by atoms with Gasteiger partial charge in [0.15, 0.2) is 18.5 Å². The fraction of sp³-hybridized carbons (Fsp3) is 0.440. The first-order chi connectivity index (χ1) is 16.8. The molecule has 2 rings (SSSR count). The van der Waals surface area contributed by atoms with Crippen molar-refractivity contribution in [3.8, 4) is 11.5 Å². The molecule has 0 fully saturated rings. The predicted octanol–water partition coefficient (Wildman–Crippen LogP) is 5.47. The van der Waals surface area contributed by atoms with Gasteiger partial charge in [0, 0.05) is 19.3 Å². The number of hydrogen-bond acceptors (Lipinski definition) is 7. The van der Waals surface area contributed by atoms with Gasteiger partial charge < -0.3 is 24.1 Å². The maximum Gasteiger partial charge on any atom is 0.305 e. The highest BCUT2D eigenvalue weighted by Gasteiger charge is 2.32. The molecular formula is C25H28Cl3FO7. The molecule has 0 aliphatic rings. The fourth-order valence-corrected chi connectivity index (χ4v) is 4.00. The summed E-state index contributed by atoms with van der Waals surface area (Å²) < 4.78 is 33.7. The summed E-state index contributed by atoms with van der Waals surface area (Å²) in [6.45, 7) is 4.86. The fourth-order valence-electron chi connectivity index (χ4n) is 3.27. The van der Waals surface area contributed by atoms with Crippen molar-refractivity contribution in [3.05, 3.63) is 57.6 Å². The van der Waals surface area contributed by atoms with E-state index >= 15 is 0 Å². The molecule has 0 aliphatic carbocycles. The van der Waals surface area contributed by atoms with E-state index in [1.807, 2.05) is 26.0 Å². The molecule has 0 saturated heterocycles. The van der Waals surface area contributed by atoms with Crippen LogP contribution < -0.4 is 9.47 Å². The summed E-state index contributed by atoms with van der Waals surface area (Å²) in [7, 11) is 0. The Morgan fingerprint density at radius 2 is 1.58 bits per heavy atom. The van der Waals surface area contributed by atoms with Crippen LogP contribution in [0.4, 0.5) is 4.39 Å². The third-order valence-electron chi connectivity index (χ3n) is 5.22. The van der Waals surface area contributed by atoms with Crippen LogP contribution in [-0.2, 0) is 24.5 Å². The van der Waals surface area contributed by atoms with Gasteiger partial charge in [-0.05, 0) is 35.4 Å². The number of carbonyl (C=O) groups is 2. The van der Waals surface area contributed by atoms with Gasteiger partial charge in [-0.15, -0.1) is 11.6 Å². The molecule has 2 aromatic rings. The molecule has 0 aromatic heterocycles. The molecule has 0 amide bonds. The third kappa shape index (κ3) is 8.13. The lowest BCUT2D eigenvalue weighted by Crippen LogP contribution is -2.42. The average Bonchev–Trinajstić information content (AvgIpc) is 2.80. The number of benzene rings is 2.